The number of sulfonamides is 1. The SMILES string of the molecule is CC(C)(C)S(=O)(=O)NCC1CCC(Nc2nc(-c3ccccc3)c(Cl)o2)CC1. The van der Waals surface area contributed by atoms with E-state index in [0.29, 0.717) is 24.2 Å². The summed E-state index contributed by atoms with van der Waals surface area (Å²) in [7, 11) is -3.29. The Bertz CT molecular complexity index is 883. The van der Waals surface area contributed by atoms with Crippen molar-refractivity contribution in [3.63, 3.8) is 0 Å². The van der Waals surface area contributed by atoms with Crippen LogP contribution in [0, 0.1) is 5.92 Å². The molecule has 1 aliphatic rings. The van der Waals surface area contributed by atoms with Gasteiger partial charge in [0.2, 0.25) is 15.2 Å². The van der Waals surface area contributed by atoms with E-state index in [1.807, 2.05) is 30.3 Å². The first-order valence-electron chi connectivity index (χ1n) is 9.63. The molecule has 0 unspecified atom stereocenters. The molecule has 0 saturated heterocycles. The summed E-state index contributed by atoms with van der Waals surface area (Å²) >= 11 is 6.21. The molecule has 1 saturated carbocycles. The van der Waals surface area contributed by atoms with Crippen molar-refractivity contribution in [1.29, 1.82) is 0 Å². The maximum Gasteiger partial charge on any atom is 0.296 e. The molecule has 0 aliphatic heterocycles. The molecule has 0 spiro atoms. The third-order valence-corrected chi connectivity index (χ3v) is 7.59. The van der Waals surface area contributed by atoms with E-state index < -0.39 is 14.8 Å². The van der Waals surface area contributed by atoms with E-state index in [4.69, 9.17) is 16.0 Å². The largest absolute Gasteiger partial charge is 0.411 e. The van der Waals surface area contributed by atoms with Crippen LogP contribution < -0.4 is 10.0 Å². The Morgan fingerprint density at radius 1 is 1.14 bits per heavy atom. The lowest BCUT2D eigenvalue weighted by molar-refractivity contribution is 0.333. The number of aromatic nitrogens is 1. The summed E-state index contributed by atoms with van der Waals surface area (Å²) in [5, 5.41) is 3.60. The maximum absolute atomic E-state index is 12.2. The van der Waals surface area contributed by atoms with Gasteiger partial charge in [0, 0.05) is 18.2 Å². The van der Waals surface area contributed by atoms with Gasteiger partial charge in [-0.3, -0.25) is 0 Å². The number of benzene rings is 1. The van der Waals surface area contributed by atoms with Gasteiger partial charge < -0.3 is 9.73 Å². The molecule has 8 heteroatoms. The van der Waals surface area contributed by atoms with Crippen LogP contribution in [0.15, 0.2) is 34.7 Å². The van der Waals surface area contributed by atoms with Crippen molar-refractivity contribution in [2.24, 2.45) is 5.92 Å². The van der Waals surface area contributed by atoms with E-state index in [1.54, 1.807) is 20.8 Å². The van der Waals surface area contributed by atoms with Crippen molar-refractivity contribution in [1.82, 2.24) is 9.71 Å². The Morgan fingerprint density at radius 3 is 2.39 bits per heavy atom. The molecule has 2 N–H and O–H groups in total. The summed E-state index contributed by atoms with van der Waals surface area (Å²) < 4.78 is 31.9. The van der Waals surface area contributed by atoms with Gasteiger partial charge in [0.05, 0.1) is 4.75 Å². The molecule has 1 heterocycles. The lowest BCUT2D eigenvalue weighted by Crippen LogP contribution is -2.42. The molecule has 1 aromatic heterocycles. The fourth-order valence-electron chi connectivity index (χ4n) is 3.27. The quantitative estimate of drug-likeness (QED) is 0.701. The number of oxazole rings is 1. The predicted octanol–water partition coefficient (Wildman–Crippen LogP) is 4.68. The summed E-state index contributed by atoms with van der Waals surface area (Å²) in [6.45, 7) is 5.62. The Labute approximate surface area is 172 Å². The van der Waals surface area contributed by atoms with Gasteiger partial charge in [-0.2, -0.15) is 4.98 Å². The number of nitrogens with zero attached hydrogens (tertiary/aromatic N) is 1. The highest BCUT2D eigenvalue weighted by Gasteiger charge is 2.30. The average Bonchev–Trinajstić information content (AvgIpc) is 3.01. The van der Waals surface area contributed by atoms with Crippen LogP contribution in [-0.2, 0) is 10.0 Å². The second kappa shape index (κ2) is 8.43. The highest BCUT2D eigenvalue weighted by molar-refractivity contribution is 7.90. The highest BCUT2D eigenvalue weighted by Crippen LogP contribution is 2.32. The lowest BCUT2D eigenvalue weighted by Gasteiger charge is -2.29. The van der Waals surface area contributed by atoms with Gasteiger partial charge in [0.1, 0.15) is 5.69 Å². The van der Waals surface area contributed by atoms with Crippen LogP contribution in [0.2, 0.25) is 5.22 Å². The predicted molar refractivity (Wildman–Crippen MR) is 113 cm³/mol. The van der Waals surface area contributed by atoms with E-state index in [1.165, 1.54) is 0 Å². The molecular weight excluding hydrogens is 398 g/mol. The monoisotopic (exact) mass is 425 g/mol. The smallest absolute Gasteiger partial charge is 0.296 e. The first kappa shape index (κ1) is 21.1. The van der Waals surface area contributed by atoms with E-state index in [0.717, 1.165) is 31.2 Å². The van der Waals surface area contributed by atoms with Crippen molar-refractivity contribution in [3.05, 3.63) is 35.6 Å². The van der Waals surface area contributed by atoms with Crippen LogP contribution in [-0.4, -0.2) is 30.7 Å². The van der Waals surface area contributed by atoms with Gasteiger partial charge in [-0.25, -0.2) is 13.1 Å². The molecule has 0 amide bonds. The molecule has 0 bridgehead atoms. The van der Waals surface area contributed by atoms with Crippen LogP contribution in [0.25, 0.3) is 11.3 Å². The van der Waals surface area contributed by atoms with Gasteiger partial charge in [-0.15, -0.1) is 0 Å². The van der Waals surface area contributed by atoms with Crippen molar-refractivity contribution >= 4 is 27.6 Å². The first-order chi connectivity index (χ1) is 13.2. The molecule has 0 atom stereocenters. The molecule has 28 heavy (non-hydrogen) atoms. The summed E-state index contributed by atoms with van der Waals surface area (Å²) in [5.41, 5.74) is 1.55. The second-order valence-corrected chi connectivity index (χ2v) is 11.2. The van der Waals surface area contributed by atoms with E-state index in [9.17, 15) is 8.42 Å². The molecule has 2 aromatic rings. The third-order valence-electron chi connectivity index (χ3n) is 5.18. The fraction of sp³-hybridized carbons (Fsp3) is 0.550. The molecule has 1 aromatic carbocycles. The zero-order valence-electron chi connectivity index (χ0n) is 16.5. The molecule has 6 nitrogen and oxygen atoms in total. The van der Waals surface area contributed by atoms with Gasteiger partial charge >= 0.3 is 0 Å². The van der Waals surface area contributed by atoms with Gasteiger partial charge in [-0.1, -0.05) is 30.3 Å². The molecule has 154 valence electrons. The average molecular weight is 426 g/mol. The zero-order chi connectivity index (χ0) is 20.4. The van der Waals surface area contributed by atoms with E-state index in [-0.39, 0.29) is 11.3 Å². The Morgan fingerprint density at radius 2 is 1.79 bits per heavy atom. The van der Waals surface area contributed by atoms with Crippen LogP contribution in [0.3, 0.4) is 0 Å². The summed E-state index contributed by atoms with van der Waals surface area (Å²) in [5.74, 6) is 0.350. The standard InChI is InChI=1S/C20H28ClN3O3S/c1-20(2,3)28(25,26)22-13-14-9-11-16(12-10-14)23-19-24-17(18(21)27-19)15-7-5-4-6-8-15/h4-8,14,16,22H,9-13H2,1-3H3,(H,23,24). The normalized spacial score (nSPS) is 20.9. The number of hydrogen-bond acceptors (Lipinski definition) is 5. The van der Waals surface area contributed by atoms with E-state index in [2.05, 4.69) is 15.0 Å². The van der Waals surface area contributed by atoms with Gasteiger partial charge in [-0.05, 0) is 64.0 Å². The number of anilines is 1. The first-order valence-corrected chi connectivity index (χ1v) is 11.5. The number of halogens is 1. The van der Waals surface area contributed by atoms with Crippen molar-refractivity contribution < 1.29 is 12.8 Å². The number of nitrogens with one attached hydrogen (secondary N) is 2. The second-order valence-electron chi connectivity index (χ2n) is 8.33. The highest BCUT2D eigenvalue weighted by atomic mass is 35.5. The fourth-order valence-corrected chi connectivity index (χ4v) is 4.38. The Kier molecular flexibility index (Phi) is 6.37. The van der Waals surface area contributed by atoms with E-state index >= 15 is 0 Å². The van der Waals surface area contributed by atoms with Crippen LogP contribution in [0.1, 0.15) is 46.5 Å². The van der Waals surface area contributed by atoms with Crippen LogP contribution in [0.5, 0.6) is 0 Å². The molecular formula is C20H28ClN3O3S. The minimum Gasteiger partial charge on any atom is -0.411 e. The molecule has 0 radical (unpaired) electrons. The topological polar surface area (TPSA) is 84.2 Å². The summed E-state index contributed by atoms with van der Waals surface area (Å²) in [6, 6.07) is 10.4. The number of hydrogen-bond donors (Lipinski definition) is 2. The van der Waals surface area contributed by atoms with Crippen molar-refractivity contribution in [2.75, 3.05) is 11.9 Å². The third kappa shape index (κ3) is 5.07. The minimum atomic E-state index is -3.29. The lowest BCUT2D eigenvalue weighted by atomic mass is 9.86. The van der Waals surface area contributed by atoms with Gasteiger partial charge in [0.15, 0.2) is 0 Å². The van der Waals surface area contributed by atoms with Crippen LogP contribution >= 0.6 is 11.6 Å². The number of rotatable bonds is 6. The van der Waals surface area contributed by atoms with Crippen molar-refractivity contribution in [3.8, 4) is 11.3 Å². The molecule has 1 fully saturated rings. The van der Waals surface area contributed by atoms with Crippen LogP contribution in [0.4, 0.5) is 6.01 Å². The summed E-state index contributed by atoms with van der Waals surface area (Å²) in [4.78, 5) is 4.49. The maximum atomic E-state index is 12.2. The van der Waals surface area contributed by atoms with Crippen molar-refractivity contribution in [2.45, 2.75) is 57.2 Å². The minimum absolute atomic E-state index is 0.244. The summed E-state index contributed by atoms with van der Waals surface area (Å²) in [6.07, 6.45) is 3.76. The molecule has 3 rings (SSSR count). The molecule has 1 aliphatic carbocycles. The Hall–Kier alpha value is -1.57. The Balaban J connectivity index is 1.51. The zero-order valence-corrected chi connectivity index (χ0v) is 18.1. The van der Waals surface area contributed by atoms with Gasteiger partial charge in [0.25, 0.3) is 6.01 Å².